The van der Waals surface area contributed by atoms with E-state index in [4.69, 9.17) is 39.5 Å². The van der Waals surface area contributed by atoms with Gasteiger partial charge in [-0.1, -0.05) is 34.8 Å². The molecule has 0 saturated carbocycles. The molecule has 0 atom stereocenters. The van der Waals surface area contributed by atoms with E-state index in [9.17, 15) is 4.79 Å². The van der Waals surface area contributed by atoms with E-state index in [0.717, 1.165) is 5.56 Å². The number of nitrogens with one attached hydrogen (secondary N) is 2. The maximum atomic E-state index is 12.1. The van der Waals surface area contributed by atoms with Crippen LogP contribution < -0.4 is 15.4 Å². The fourth-order valence-corrected chi connectivity index (χ4v) is 2.41. The molecule has 4 nitrogen and oxygen atoms in total. The van der Waals surface area contributed by atoms with Gasteiger partial charge in [0.25, 0.3) is 0 Å². The minimum Gasteiger partial charge on any atom is -0.495 e. The molecule has 0 spiro atoms. The fraction of sp³-hybridized carbons (Fsp3) is 0.133. The van der Waals surface area contributed by atoms with Crippen LogP contribution in [0.15, 0.2) is 30.3 Å². The highest BCUT2D eigenvalue weighted by Crippen LogP contribution is 2.31. The van der Waals surface area contributed by atoms with Crippen LogP contribution in [0.4, 0.5) is 16.2 Å². The Balaban J connectivity index is 2.17. The van der Waals surface area contributed by atoms with E-state index in [-0.39, 0.29) is 0 Å². The maximum absolute atomic E-state index is 12.1. The predicted octanol–water partition coefficient (Wildman–Crippen LogP) is 5.61. The van der Waals surface area contributed by atoms with Gasteiger partial charge in [0.15, 0.2) is 0 Å². The Kier molecular flexibility index (Phi) is 5.40. The molecule has 0 aliphatic rings. The molecule has 2 aromatic carbocycles. The molecular weight excluding hydrogens is 347 g/mol. The quantitative estimate of drug-likeness (QED) is 0.748. The first-order chi connectivity index (χ1) is 10.4. The summed E-state index contributed by atoms with van der Waals surface area (Å²) in [4.78, 5) is 12.1. The number of carbonyl (C=O) groups is 1. The Morgan fingerprint density at radius 3 is 2.32 bits per heavy atom. The summed E-state index contributed by atoms with van der Waals surface area (Å²) in [5, 5.41) is 6.74. The molecule has 2 rings (SSSR count). The highest BCUT2D eigenvalue weighted by molar-refractivity contribution is 6.36. The van der Waals surface area contributed by atoms with Crippen molar-refractivity contribution >= 4 is 52.2 Å². The lowest BCUT2D eigenvalue weighted by Gasteiger charge is -2.13. The van der Waals surface area contributed by atoms with Crippen LogP contribution in [-0.2, 0) is 0 Å². The van der Waals surface area contributed by atoms with Crippen LogP contribution in [0.3, 0.4) is 0 Å². The maximum Gasteiger partial charge on any atom is 0.323 e. The van der Waals surface area contributed by atoms with Crippen LogP contribution in [0.1, 0.15) is 5.56 Å². The Hall–Kier alpha value is -1.62. The third kappa shape index (κ3) is 3.97. The van der Waals surface area contributed by atoms with Gasteiger partial charge in [-0.2, -0.15) is 0 Å². The zero-order chi connectivity index (χ0) is 16.3. The van der Waals surface area contributed by atoms with Crippen molar-refractivity contribution in [1.29, 1.82) is 0 Å². The largest absolute Gasteiger partial charge is 0.495 e. The van der Waals surface area contributed by atoms with Crippen LogP contribution in [0, 0.1) is 6.92 Å². The highest BCUT2D eigenvalue weighted by Gasteiger charge is 2.11. The van der Waals surface area contributed by atoms with E-state index in [1.807, 2.05) is 6.92 Å². The van der Waals surface area contributed by atoms with E-state index in [0.29, 0.717) is 32.2 Å². The second-order valence-corrected chi connectivity index (χ2v) is 5.76. The minimum atomic E-state index is -0.454. The van der Waals surface area contributed by atoms with E-state index >= 15 is 0 Å². The summed E-state index contributed by atoms with van der Waals surface area (Å²) in [7, 11) is 1.50. The topological polar surface area (TPSA) is 50.4 Å². The Morgan fingerprint density at radius 2 is 1.68 bits per heavy atom. The molecule has 22 heavy (non-hydrogen) atoms. The Bertz CT molecular complexity index is 720. The van der Waals surface area contributed by atoms with Gasteiger partial charge in [-0.25, -0.2) is 4.79 Å². The molecule has 2 amide bonds. The van der Waals surface area contributed by atoms with Crippen molar-refractivity contribution in [1.82, 2.24) is 0 Å². The van der Waals surface area contributed by atoms with Gasteiger partial charge < -0.3 is 15.4 Å². The SMILES string of the molecule is COc1cc(Cl)c(C)cc1NC(=O)Nc1ccc(Cl)cc1Cl. The van der Waals surface area contributed by atoms with Crippen molar-refractivity contribution < 1.29 is 9.53 Å². The average molecular weight is 360 g/mol. The second-order valence-electron chi connectivity index (χ2n) is 4.50. The lowest BCUT2D eigenvalue weighted by atomic mass is 10.2. The zero-order valence-corrected chi connectivity index (χ0v) is 14.1. The van der Waals surface area contributed by atoms with Crippen molar-refractivity contribution in [2.45, 2.75) is 6.92 Å². The first kappa shape index (κ1) is 16.7. The van der Waals surface area contributed by atoms with E-state index < -0.39 is 6.03 Å². The molecule has 0 saturated heterocycles. The van der Waals surface area contributed by atoms with Crippen molar-refractivity contribution in [2.24, 2.45) is 0 Å². The summed E-state index contributed by atoms with van der Waals surface area (Å²) in [6, 6.07) is 7.71. The lowest BCUT2D eigenvalue weighted by Crippen LogP contribution is -2.20. The van der Waals surface area contributed by atoms with Crippen LogP contribution in [0.5, 0.6) is 5.75 Å². The summed E-state index contributed by atoms with van der Waals surface area (Å²) >= 11 is 17.9. The third-order valence-electron chi connectivity index (χ3n) is 2.91. The molecule has 0 aliphatic carbocycles. The first-order valence-electron chi connectivity index (χ1n) is 6.28. The van der Waals surface area contributed by atoms with Crippen LogP contribution in [-0.4, -0.2) is 13.1 Å². The van der Waals surface area contributed by atoms with Gasteiger partial charge in [-0.3, -0.25) is 0 Å². The number of ether oxygens (including phenoxy) is 1. The smallest absolute Gasteiger partial charge is 0.323 e. The zero-order valence-electron chi connectivity index (χ0n) is 11.8. The summed E-state index contributed by atoms with van der Waals surface area (Å²) in [6.07, 6.45) is 0. The van der Waals surface area contributed by atoms with Crippen LogP contribution in [0.2, 0.25) is 15.1 Å². The molecule has 2 N–H and O–H groups in total. The van der Waals surface area contributed by atoms with Crippen LogP contribution >= 0.6 is 34.8 Å². The van der Waals surface area contributed by atoms with E-state index in [2.05, 4.69) is 10.6 Å². The summed E-state index contributed by atoms with van der Waals surface area (Å²) in [5.74, 6) is 0.466. The van der Waals surface area contributed by atoms with Crippen molar-refractivity contribution in [3.8, 4) is 5.75 Å². The molecule has 0 fully saturated rings. The molecule has 0 aromatic heterocycles. The number of amides is 2. The summed E-state index contributed by atoms with van der Waals surface area (Å²) in [5.41, 5.74) is 1.78. The molecule has 0 unspecified atom stereocenters. The number of halogens is 3. The molecule has 116 valence electrons. The number of anilines is 2. The number of methoxy groups -OCH3 is 1. The molecule has 0 bridgehead atoms. The predicted molar refractivity (Wildman–Crippen MR) is 91.8 cm³/mol. The van der Waals surface area contributed by atoms with Gasteiger partial charge in [0.05, 0.1) is 23.5 Å². The number of hydrogen-bond donors (Lipinski definition) is 2. The van der Waals surface area contributed by atoms with Crippen molar-refractivity contribution in [3.63, 3.8) is 0 Å². The number of carbonyl (C=O) groups excluding carboxylic acids is 1. The monoisotopic (exact) mass is 358 g/mol. The highest BCUT2D eigenvalue weighted by atomic mass is 35.5. The number of hydrogen-bond acceptors (Lipinski definition) is 2. The molecular formula is C15H13Cl3N2O2. The molecule has 0 radical (unpaired) electrons. The molecule has 2 aromatic rings. The van der Waals surface area contributed by atoms with Gasteiger partial charge in [0.1, 0.15) is 5.75 Å². The van der Waals surface area contributed by atoms with E-state index in [1.54, 1.807) is 30.3 Å². The molecule has 0 aliphatic heterocycles. The van der Waals surface area contributed by atoms with Gasteiger partial charge >= 0.3 is 6.03 Å². The molecule has 0 heterocycles. The van der Waals surface area contributed by atoms with Crippen molar-refractivity contribution in [2.75, 3.05) is 17.7 Å². The Morgan fingerprint density at radius 1 is 1.00 bits per heavy atom. The standard InChI is InChI=1S/C15H13Cl3N2O2/c1-8-5-13(14(22-2)7-10(8)17)20-15(21)19-12-4-3-9(16)6-11(12)18/h3-7H,1-2H3,(H2,19,20,21). The second kappa shape index (κ2) is 7.09. The third-order valence-corrected chi connectivity index (χ3v) is 3.86. The summed E-state index contributed by atoms with van der Waals surface area (Å²) < 4.78 is 5.20. The number of benzene rings is 2. The fourth-order valence-electron chi connectivity index (χ4n) is 1.80. The lowest BCUT2D eigenvalue weighted by molar-refractivity contribution is 0.262. The number of urea groups is 1. The van der Waals surface area contributed by atoms with Crippen LogP contribution in [0.25, 0.3) is 0 Å². The summed E-state index contributed by atoms with van der Waals surface area (Å²) in [6.45, 7) is 1.83. The van der Waals surface area contributed by atoms with Crippen molar-refractivity contribution in [3.05, 3.63) is 51.0 Å². The number of aryl methyl sites for hydroxylation is 1. The van der Waals surface area contributed by atoms with Gasteiger partial charge in [-0.05, 0) is 36.8 Å². The minimum absolute atomic E-state index is 0.349. The van der Waals surface area contributed by atoms with E-state index in [1.165, 1.54) is 7.11 Å². The first-order valence-corrected chi connectivity index (χ1v) is 7.41. The normalized spacial score (nSPS) is 10.2. The number of rotatable bonds is 3. The average Bonchev–Trinajstić information content (AvgIpc) is 2.45. The van der Waals surface area contributed by atoms with Gasteiger partial charge in [-0.15, -0.1) is 0 Å². The Labute approximate surface area is 143 Å². The van der Waals surface area contributed by atoms with Gasteiger partial charge in [0.2, 0.25) is 0 Å². The van der Waals surface area contributed by atoms with Gasteiger partial charge in [0, 0.05) is 16.1 Å². The molecule has 7 heteroatoms.